The van der Waals surface area contributed by atoms with Crippen molar-refractivity contribution in [2.45, 2.75) is 64.8 Å². The smallest absolute Gasteiger partial charge is 0.258 e. The minimum Gasteiger partial charge on any atom is -0.490 e. The molecule has 44 heavy (non-hydrogen) atoms. The Morgan fingerprint density at radius 2 is 1.80 bits per heavy atom. The molecule has 10 nitrogen and oxygen atoms in total. The van der Waals surface area contributed by atoms with Crippen molar-refractivity contribution in [3.8, 4) is 5.75 Å². The van der Waals surface area contributed by atoms with Crippen molar-refractivity contribution in [2.75, 3.05) is 38.7 Å². The van der Waals surface area contributed by atoms with E-state index in [1.165, 1.54) is 5.56 Å². The standard InChI is InChI=1S/C34H45N5O5/c1-24-20-39(25(2)23-40)34(42)30-19-29(37-33(41)28-12-16-36-17-13-28)8-9-31(30)44-26(3)7-5-6-18-43-32(24)22-38(4)21-27-10-14-35-15-11-27/h8-17,19,24-26,32,40H,5-7,18,20-23H2,1-4H3,(H,37,41)/t24-,25-,26+,32+/m0/s1. The van der Waals surface area contributed by atoms with E-state index in [1.54, 1.807) is 60.0 Å². The number of aromatic nitrogens is 2. The Bertz CT molecular complexity index is 1340. The van der Waals surface area contributed by atoms with Gasteiger partial charge in [-0.1, -0.05) is 6.92 Å². The summed E-state index contributed by atoms with van der Waals surface area (Å²) in [5, 5.41) is 13.1. The number of pyridine rings is 2. The first-order valence-corrected chi connectivity index (χ1v) is 15.4. The number of ether oxygens (including phenoxy) is 2. The van der Waals surface area contributed by atoms with Crippen LogP contribution in [0.1, 0.15) is 66.3 Å². The van der Waals surface area contributed by atoms with Crippen molar-refractivity contribution in [1.82, 2.24) is 19.8 Å². The summed E-state index contributed by atoms with van der Waals surface area (Å²) in [6.45, 7) is 8.14. The van der Waals surface area contributed by atoms with Gasteiger partial charge in [0.15, 0.2) is 0 Å². The number of rotatable bonds is 8. The predicted molar refractivity (Wildman–Crippen MR) is 170 cm³/mol. The third kappa shape index (κ3) is 9.32. The van der Waals surface area contributed by atoms with Gasteiger partial charge in [0, 0.05) is 68.2 Å². The maximum atomic E-state index is 14.3. The van der Waals surface area contributed by atoms with Crippen molar-refractivity contribution in [2.24, 2.45) is 5.92 Å². The van der Waals surface area contributed by atoms with Crippen LogP contribution in [0.5, 0.6) is 5.75 Å². The van der Waals surface area contributed by atoms with Gasteiger partial charge in [-0.2, -0.15) is 0 Å². The van der Waals surface area contributed by atoms with Gasteiger partial charge in [0.25, 0.3) is 11.8 Å². The summed E-state index contributed by atoms with van der Waals surface area (Å²) in [5.74, 6) is -0.163. The van der Waals surface area contributed by atoms with Crippen LogP contribution in [-0.2, 0) is 11.3 Å². The second-order valence-electron chi connectivity index (χ2n) is 11.8. The van der Waals surface area contributed by atoms with Gasteiger partial charge in [-0.25, -0.2) is 0 Å². The number of carbonyl (C=O) groups excluding carboxylic acids is 2. The molecule has 0 saturated carbocycles. The maximum absolute atomic E-state index is 14.3. The van der Waals surface area contributed by atoms with E-state index in [2.05, 4.69) is 34.2 Å². The van der Waals surface area contributed by atoms with Crippen LogP contribution < -0.4 is 10.1 Å². The number of aliphatic hydroxyl groups excluding tert-OH is 1. The van der Waals surface area contributed by atoms with Crippen LogP contribution in [0.2, 0.25) is 0 Å². The fourth-order valence-corrected chi connectivity index (χ4v) is 5.34. The highest BCUT2D eigenvalue weighted by Crippen LogP contribution is 2.29. The molecule has 0 bridgehead atoms. The Kier molecular flexibility index (Phi) is 12.2. The van der Waals surface area contributed by atoms with Gasteiger partial charge < -0.3 is 24.8 Å². The number of carbonyl (C=O) groups is 2. The van der Waals surface area contributed by atoms with Gasteiger partial charge in [0.2, 0.25) is 0 Å². The van der Waals surface area contributed by atoms with Crippen LogP contribution in [0.3, 0.4) is 0 Å². The molecule has 1 aliphatic heterocycles. The minimum absolute atomic E-state index is 0.0337. The number of fused-ring (bicyclic) bond motifs is 1. The summed E-state index contributed by atoms with van der Waals surface area (Å²) >= 11 is 0. The molecule has 3 heterocycles. The molecule has 0 saturated heterocycles. The fourth-order valence-electron chi connectivity index (χ4n) is 5.34. The first-order valence-electron chi connectivity index (χ1n) is 15.4. The second-order valence-corrected chi connectivity index (χ2v) is 11.8. The number of nitrogens with zero attached hydrogens (tertiary/aromatic N) is 4. The molecule has 0 aliphatic carbocycles. The van der Waals surface area contributed by atoms with Gasteiger partial charge in [0.1, 0.15) is 5.75 Å². The van der Waals surface area contributed by atoms with Gasteiger partial charge in [0.05, 0.1) is 30.4 Å². The molecule has 0 unspecified atom stereocenters. The summed E-state index contributed by atoms with van der Waals surface area (Å²) in [5.41, 5.74) is 2.43. The van der Waals surface area contributed by atoms with E-state index < -0.39 is 6.04 Å². The Balaban J connectivity index is 1.61. The molecule has 1 aliphatic rings. The number of hydrogen-bond donors (Lipinski definition) is 2. The highest BCUT2D eigenvalue weighted by molar-refractivity contribution is 6.05. The number of amides is 2. The number of likely N-dealkylation sites (N-methyl/N-ethyl adjacent to an activating group) is 1. The number of aliphatic hydroxyl groups is 1. The van der Waals surface area contributed by atoms with Crippen LogP contribution in [0.4, 0.5) is 5.69 Å². The molecule has 4 atom stereocenters. The van der Waals surface area contributed by atoms with Crippen LogP contribution in [0, 0.1) is 5.92 Å². The molecule has 1 aromatic carbocycles. The van der Waals surface area contributed by atoms with Crippen molar-refractivity contribution < 1.29 is 24.2 Å². The van der Waals surface area contributed by atoms with Crippen molar-refractivity contribution in [3.05, 3.63) is 83.9 Å². The molecule has 4 rings (SSSR count). The van der Waals surface area contributed by atoms with E-state index in [0.717, 1.165) is 25.8 Å². The van der Waals surface area contributed by atoms with E-state index >= 15 is 0 Å². The number of nitrogens with one attached hydrogen (secondary N) is 1. The van der Waals surface area contributed by atoms with E-state index in [-0.39, 0.29) is 36.5 Å². The summed E-state index contributed by atoms with van der Waals surface area (Å²) < 4.78 is 12.8. The summed E-state index contributed by atoms with van der Waals surface area (Å²) in [6, 6.07) is 12.0. The lowest BCUT2D eigenvalue weighted by molar-refractivity contribution is -0.0177. The SMILES string of the molecule is C[C@@H]1CCCCO[C@H](CN(C)Cc2ccncc2)[C@@H](C)CN([C@@H](C)CO)C(=O)c2cc(NC(=O)c3ccncc3)ccc2O1. The van der Waals surface area contributed by atoms with Gasteiger partial charge in [-0.15, -0.1) is 0 Å². The van der Waals surface area contributed by atoms with Gasteiger partial charge in [-0.05, 0) is 88.2 Å². The lowest BCUT2D eigenvalue weighted by atomic mass is 10.0. The average Bonchev–Trinajstić information content (AvgIpc) is 3.03. The largest absolute Gasteiger partial charge is 0.490 e. The van der Waals surface area contributed by atoms with E-state index in [1.807, 2.05) is 26.0 Å². The highest BCUT2D eigenvalue weighted by atomic mass is 16.5. The van der Waals surface area contributed by atoms with Crippen LogP contribution in [0.15, 0.2) is 67.3 Å². The topological polar surface area (TPSA) is 117 Å². The molecular weight excluding hydrogens is 558 g/mol. The number of benzene rings is 1. The Morgan fingerprint density at radius 1 is 1.09 bits per heavy atom. The fraction of sp³-hybridized carbons (Fsp3) is 0.471. The molecule has 2 N–H and O–H groups in total. The molecule has 0 radical (unpaired) electrons. The molecule has 236 valence electrons. The molecule has 2 aromatic heterocycles. The van der Waals surface area contributed by atoms with Crippen LogP contribution in [0.25, 0.3) is 0 Å². The van der Waals surface area contributed by atoms with E-state index in [9.17, 15) is 14.7 Å². The molecule has 2 amide bonds. The predicted octanol–water partition coefficient (Wildman–Crippen LogP) is 4.66. The van der Waals surface area contributed by atoms with Crippen LogP contribution in [-0.4, -0.2) is 88.3 Å². The Hall–Kier alpha value is -3.86. The maximum Gasteiger partial charge on any atom is 0.258 e. The minimum atomic E-state index is -0.451. The van der Waals surface area contributed by atoms with E-state index in [0.29, 0.717) is 42.3 Å². The third-order valence-corrected chi connectivity index (χ3v) is 7.95. The molecular formula is C34H45N5O5. The zero-order valence-electron chi connectivity index (χ0n) is 26.2. The first kappa shape index (κ1) is 33.0. The summed E-state index contributed by atoms with van der Waals surface area (Å²) in [4.78, 5) is 39.2. The lowest BCUT2D eigenvalue weighted by Gasteiger charge is -2.36. The normalized spacial score (nSPS) is 20.7. The monoisotopic (exact) mass is 603 g/mol. The molecule has 0 fully saturated rings. The van der Waals surface area contributed by atoms with Gasteiger partial charge in [-0.3, -0.25) is 24.5 Å². The Morgan fingerprint density at radius 3 is 2.50 bits per heavy atom. The quantitative estimate of drug-likeness (QED) is 0.382. The summed E-state index contributed by atoms with van der Waals surface area (Å²) in [6.07, 6.45) is 9.05. The van der Waals surface area contributed by atoms with Gasteiger partial charge >= 0.3 is 0 Å². The van der Waals surface area contributed by atoms with Crippen molar-refractivity contribution in [1.29, 1.82) is 0 Å². The van der Waals surface area contributed by atoms with Crippen molar-refractivity contribution in [3.63, 3.8) is 0 Å². The molecule has 0 spiro atoms. The average molecular weight is 604 g/mol. The highest BCUT2D eigenvalue weighted by Gasteiger charge is 2.30. The van der Waals surface area contributed by atoms with Crippen LogP contribution >= 0.6 is 0 Å². The zero-order chi connectivity index (χ0) is 31.5. The first-order chi connectivity index (χ1) is 21.2. The number of anilines is 1. The summed E-state index contributed by atoms with van der Waals surface area (Å²) in [7, 11) is 2.07. The second kappa shape index (κ2) is 16.3. The van der Waals surface area contributed by atoms with E-state index in [4.69, 9.17) is 9.47 Å². The molecule has 3 aromatic rings. The van der Waals surface area contributed by atoms with Crippen molar-refractivity contribution >= 4 is 17.5 Å². The molecule has 10 heteroatoms. The lowest BCUT2D eigenvalue weighted by Crippen LogP contribution is -2.47. The number of hydrogen-bond acceptors (Lipinski definition) is 8. The zero-order valence-corrected chi connectivity index (χ0v) is 26.2. The Labute approximate surface area is 260 Å². The third-order valence-electron chi connectivity index (χ3n) is 7.95.